The topological polar surface area (TPSA) is 87.7 Å². The van der Waals surface area contributed by atoms with Gasteiger partial charge in [0.15, 0.2) is 0 Å². The van der Waals surface area contributed by atoms with E-state index in [4.69, 9.17) is 10.9 Å². The summed E-state index contributed by atoms with van der Waals surface area (Å²) in [5, 5.41) is 13.2. The van der Waals surface area contributed by atoms with Crippen molar-refractivity contribution >= 4 is 27.7 Å². The Morgan fingerprint density at radius 3 is 2.65 bits per heavy atom. The Kier molecular flexibility index (Phi) is 5.37. The second-order valence-corrected chi connectivity index (χ2v) is 4.70. The number of oxime groups is 1. The third-order valence-electron chi connectivity index (χ3n) is 2.33. The Hall–Kier alpha value is -1.77. The number of nitrogens with zero attached hydrogens (tertiary/aromatic N) is 1. The lowest BCUT2D eigenvalue weighted by atomic mass is 10.1. The van der Waals surface area contributed by atoms with Crippen LogP contribution < -0.4 is 11.1 Å². The molecule has 0 aromatic heterocycles. The van der Waals surface area contributed by atoms with Crippen molar-refractivity contribution in [3.05, 3.63) is 33.8 Å². The van der Waals surface area contributed by atoms with Gasteiger partial charge in [-0.15, -0.1) is 0 Å². The number of amidine groups is 1. The Morgan fingerprint density at radius 2 is 2.10 bits per heavy atom. The van der Waals surface area contributed by atoms with Crippen molar-refractivity contribution < 1.29 is 23.2 Å². The maximum Gasteiger partial charge on any atom is 0.417 e. The normalized spacial score (nSPS) is 12.3. The number of hydrogen-bond acceptors (Lipinski definition) is 3. The Labute approximate surface area is 120 Å². The molecule has 0 saturated heterocycles. The molecular formula is C11H11BrF3N3O2. The van der Waals surface area contributed by atoms with Crippen molar-refractivity contribution in [2.24, 2.45) is 10.9 Å². The summed E-state index contributed by atoms with van der Waals surface area (Å²) in [5.41, 5.74) is 3.66. The number of rotatable bonds is 4. The summed E-state index contributed by atoms with van der Waals surface area (Å²) >= 11 is 2.93. The van der Waals surface area contributed by atoms with E-state index in [-0.39, 0.29) is 23.3 Å². The minimum atomic E-state index is -4.64. The minimum Gasteiger partial charge on any atom is -0.409 e. The molecular weight excluding hydrogens is 343 g/mol. The van der Waals surface area contributed by atoms with Gasteiger partial charge >= 0.3 is 6.18 Å². The summed E-state index contributed by atoms with van der Waals surface area (Å²) in [5.74, 6) is -1.01. The molecule has 0 spiro atoms. The van der Waals surface area contributed by atoms with Crippen LogP contribution in [-0.4, -0.2) is 23.5 Å². The number of hydrogen-bond donors (Lipinski definition) is 3. The van der Waals surface area contributed by atoms with Crippen molar-refractivity contribution in [2.75, 3.05) is 6.54 Å². The van der Waals surface area contributed by atoms with E-state index >= 15 is 0 Å². The Balaban J connectivity index is 2.88. The van der Waals surface area contributed by atoms with Gasteiger partial charge in [0.25, 0.3) is 5.91 Å². The van der Waals surface area contributed by atoms with Gasteiger partial charge < -0.3 is 16.3 Å². The van der Waals surface area contributed by atoms with E-state index in [9.17, 15) is 18.0 Å². The second-order valence-electron chi connectivity index (χ2n) is 3.78. The number of nitrogens with two attached hydrogens (primary N) is 1. The smallest absolute Gasteiger partial charge is 0.409 e. The third kappa shape index (κ3) is 4.41. The zero-order chi connectivity index (χ0) is 15.3. The van der Waals surface area contributed by atoms with Crippen LogP contribution >= 0.6 is 15.9 Å². The highest BCUT2D eigenvalue weighted by molar-refractivity contribution is 9.10. The number of nitrogens with one attached hydrogen (secondary N) is 1. The van der Waals surface area contributed by atoms with Crippen LogP contribution in [0, 0.1) is 0 Å². The van der Waals surface area contributed by atoms with Gasteiger partial charge in [-0.3, -0.25) is 4.79 Å². The second kappa shape index (κ2) is 6.60. The first kappa shape index (κ1) is 16.3. The van der Waals surface area contributed by atoms with Crippen molar-refractivity contribution in [3.63, 3.8) is 0 Å². The summed E-state index contributed by atoms with van der Waals surface area (Å²) in [7, 11) is 0. The highest BCUT2D eigenvalue weighted by Gasteiger charge is 2.35. The standard InChI is InChI=1S/C11H11BrF3N3O2/c12-6-1-2-7(8(5-6)11(13,14)15)10(19)17-4-3-9(16)18-20/h1-2,5,20H,3-4H2,(H2,16,18)(H,17,19). The molecule has 0 aliphatic rings. The number of carbonyl (C=O) groups excluding carboxylic acids is 1. The van der Waals surface area contributed by atoms with E-state index in [0.29, 0.717) is 0 Å². The van der Waals surface area contributed by atoms with Crippen molar-refractivity contribution in [1.29, 1.82) is 0 Å². The van der Waals surface area contributed by atoms with Gasteiger partial charge in [0.05, 0.1) is 11.1 Å². The van der Waals surface area contributed by atoms with Crippen LogP contribution in [0.15, 0.2) is 27.8 Å². The van der Waals surface area contributed by atoms with Crippen LogP contribution in [0.3, 0.4) is 0 Å². The molecule has 5 nitrogen and oxygen atoms in total. The molecule has 0 radical (unpaired) electrons. The molecule has 0 saturated carbocycles. The number of alkyl halides is 3. The summed E-state index contributed by atoms with van der Waals surface area (Å²) in [6.45, 7) is -0.0396. The number of carbonyl (C=O) groups is 1. The van der Waals surface area contributed by atoms with E-state index in [2.05, 4.69) is 26.4 Å². The maximum atomic E-state index is 12.8. The number of benzene rings is 1. The molecule has 110 valence electrons. The maximum absolute atomic E-state index is 12.8. The fourth-order valence-corrected chi connectivity index (χ4v) is 1.76. The molecule has 1 aromatic rings. The van der Waals surface area contributed by atoms with E-state index < -0.39 is 23.2 Å². The largest absolute Gasteiger partial charge is 0.417 e. The highest BCUT2D eigenvalue weighted by atomic mass is 79.9. The van der Waals surface area contributed by atoms with Crippen molar-refractivity contribution in [1.82, 2.24) is 5.32 Å². The molecule has 0 fully saturated rings. The first-order valence-corrected chi connectivity index (χ1v) is 6.16. The summed E-state index contributed by atoms with van der Waals surface area (Å²) in [4.78, 5) is 11.7. The van der Waals surface area contributed by atoms with Gasteiger partial charge in [-0.25, -0.2) is 0 Å². The zero-order valence-electron chi connectivity index (χ0n) is 10.0. The van der Waals surface area contributed by atoms with Gasteiger partial charge in [-0.2, -0.15) is 13.2 Å². The number of amides is 1. The van der Waals surface area contributed by atoms with Gasteiger partial charge in [0.2, 0.25) is 0 Å². The predicted molar refractivity (Wildman–Crippen MR) is 69.5 cm³/mol. The SMILES string of the molecule is N/C(CCNC(=O)c1ccc(Br)cc1C(F)(F)F)=N/O. The zero-order valence-corrected chi connectivity index (χ0v) is 11.6. The molecule has 4 N–H and O–H groups in total. The lowest BCUT2D eigenvalue weighted by Crippen LogP contribution is -2.29. The molecule has 20 heavy (non-hydrogen) atoms. The average molecular weight is 354 g/mol. The predicted octanol–water partition coefficient (Wildman–Crippen LogP) is 2.33. The molecule has 1 rings (SSSR count). The lowest BCUT2D eigenvalue weighted by Gasteiger charge is -2.13. The first-order chi connectivity index (χ1) is 9.25. The highest BCUT2D eigenvalue weighted by Crippen LogP contribution is 2.33. The van der Waals surface area contributed by atoms with Crippen molar-refractivity contribution in [2.45, 2.75) is 12.6 Å². The van der Waals surface area contributed by atoms with Crippen LogP contribution in [0.4, 0.5) is 13.2 Å². The molecule has 1 amide bonds. The molecule has 1 aromatic carbocycles. The monoisotopic (exact) mass is 353 g/mol. The molecule has 0 atom stereocenters. The average Bonchev–Trinajstić information content (AvgIpc) is 2.37. The molecule has 0 unspecified atom stereocenters. The van der Waals surface area contributed by atoms with E-state index in [1.165, 1.54) is 6.07 Å². The van der Waals surface area contributed by atoms with E-state index in [0.717, 1.165) is 12.1 Å². The van der Waals surface area contributed by atoms with E-state index in [1.807, 2.05) is 0 Å². The molecule has 9 heteroatoms. The van der Waals surface area contributed by atoms with Crippen molar-refractivity contribution in [3.8, 4) is 0 Å². The lowest BCUT2D eigenvalue weighted by molar-refractivity contribution is -0.138. The van der Waals surface area contributed by atoms with Crippen LogP contribution in [0.25, 0.3) is 0 Å². The van der Waals surface area contributed by atoms with Gasteiger partial charge in [0.1, 0.15) is 5.84 Å². The van der Waals surface area contributed by atoms with Gasteiger partial charge in [0, 0.05) is 17.4 Å². The Bertz CT molecular complexity index is 532. The van der Waals surface area contributed by atoms with Crippen LogP contribution in [-0.2, 0) is 6.18 Å². The summed E-state index contributed by atoms with van der Waals surface area (Å²) in [6.07, 6.45) is -4.61. The Morgan fingerprint density at radius 1 is 1.45 bits per heavy atom. The summed E-state index contributed by atoms with van der Waals surface area (Å²) in [6, 6.07) is 3.25. The third-order valence-corrected chi connectivity index (χ3v) is 2.82. The first-order valence-electron chi connectivity index (χ1n) is 5.37. The minimum absolute atomic E-state index is 0.0279. The van der Waals surface area contributed by atoms with Gasteiger partial charge in [-0.1, -0.05) is 21.1 Å². The number of halogens is 4. The van der Waals surface area contributed by atoms with Crippen LogP contribution in [0.5, 0.6) is 0 Å². The fourth-order valence-electron chi connectivity index (χ4n) is 1.40. The summed E-state index contributed by atoms with van der Waals surface area (Å²) < 4.78 is 38.7. The molecule has 0 bridgehead atoms. The fraction of sp³-hybridized carbons (Fsp3) is 0.273. The quantitative estimate of drug-likeness (QED) is 0.336. The van der Waals surface area contributed by atoms with Crippen LogP contribution in [0.2, 0.25) is 0 Å². The van der Waals surface area contributed by atoms with Gasteiger partial charge in [-0.05, 0) is 18.2 Å². The molecule has 0 heterocycles. The molecule has 0 aliphatic carbocycles. The van der Waals surface area contributed by atoms with E-state index in [1.54, 1.807) is 0 Å². The molecule has 0 aliphatic heterocycles. The van der Waals surface area contributed by atoms with Crippen LogP contribution in [0.1, 0.15) is 22.3 Å².